The van der Waals surface area contributed by atoms with Gasteiger partial charge in [0.05, 0.1) is 11.5 Å². The van der Waals surface area contributed by atoms with Crippen LogP contribution in [0.15, 0.2) is 12.1 Å². The molecule has 0 saturated heterocycles. The number of nitrogens with two attached hydrogens (primary N) is 1. The van der Waals surface area contributed by atoms with Crippen molar-refractivity contribution in [2.75, 3.05) is 18.0 Å². The lowest BCUT2D eigenvalue weighted by molar-refractivity contribution is -0.384. The Bertz CT molecular complexity index is 561. The number of amides is 1. The van der Waals surface area contributed by atoms with Crippen LogP contribution in [0.1, 0.15) is 30.3 Å². The van der Waals surface area contributed by atoms with E-state index in [2.05, 4.69) is 4.98 Å². The van der Waals surface area contributed by atoms with E-state index in [1.165, 1.54) is 4.90 Å². The molecule has 0 radical (unpaired) electrons. The molecule has 0 fully saturated rings. The second kappa shape index (κ2) is 7.17. The maximum atomic E-state index is 11.1. The van der Waals surface area contributed by atoms with Crippen LogP contribution in [-0.2, 0) is 4.79 Å². The zero-order chi connectivity index (χ0) is 16.0. The summed E-state index contributed by atoms with van der Waals surface area (Å²) in [5.74, 6) is -2.14. The number of hydrogen-bond acceptors (Lipinski definition) is 6. The lowest BCUT2D eigenvalue weighted by atomic mass is 10.2. The first-order chi connectivity index (χ1) is 9.86. The molecule has 0 aliphatic heterocycles. The summed E-state index contributed by atoms with van der Waals surface area (Å²) in [6.07, 6.45) is 1.45. The highest BCUT2D eigenvalue weighted by Gasteiger charge is 2.24. The average Bonchev–Trinajstić information content (AvgIpc) is 2.42. The average molecular weight is 296 g/mol. The topological polar surface area (TPSA) is 140 Å². The number of nitro groups is 1. The van der Waals surface area contributed by atoms with Crippen LogP contribution in [0, 0.1) is 10.1 Å². The summed E-state index contributed by atoms with van der Waals surface area (Å²) < 4.78 is 0. The fourth-order valence-corrected chi connectivity index (χ4v) is 1.73. The largest absolute Gasteiger partial charge is 0.477 e. The van der Waals surface area contributed by atoms with E-state index in [1.54, 1.807) is 0 Å². The van der Waals surface area contributed by atoms with E-state index in [1.807, 2.05) is 6.92 Å². The third kappa shape index (κ3) is 4.41. The third-order valence-corrected chi connectivity index (χ3v) is 2.70. The molecular formula is C12H16N4O5. The number of rotatable bonds is 8. The van der Waals surface area contributed by atoms with Gasteiger partial charge in [0, 0.05) is 12.6 Å². The van der Waals surface area contributed by atoms with E-state index in [9.17, 15) is 19.7 Å². The minimum absolute atomic E-state index is 0.160. The molecule has 0 unspecified atom stereocenters. The van der Waals surface area contributed by atoms with Gasteiger partial charge in [0.2, 0.25) is 11.7 Å². The fourth-order valence-electron chi connectivity index (χ4n) is 1.73. The van der Waals surface area contributed by atoms with Gasteiger partial charge in [-0.2, -0.15) is 0 Å². The van der Waals surface area contributed by atoms with E-state index in [0.717, 1.165) is 18.6 Å². The van der Waals surface area contributed by atoms with Crippen molar-refractivity contribution in [1.29, 1.82) is 0 Å². The minimum Gasteiger partial charge on any atom is -0.477 e. The minimum atomic E-state index is -1.30. The number of carboxylic acid groups (broad SMARTS) is 1. The molecular weight excluding hydrogens is 280 g/mol. The SMILES string of the molecule is CCCCN(CC(N)=O)c1nc(C(=O)O)ccc1[N+](=O)[O-]. The molecule has 9 nitrogen and oxygen atoms in total. The highest BCUT2D eigenvalue weighted by Crippen LogP contribution is 2.26. The van der Waals surface area contributed by atoms with Crippen LogP contribution in [0.4, 0.5) is 11.5 Å². The highest BCUT2D eigenvalue weighted by molar-refractivity contribution is 5.87. The molecule has 0 bridgehead atoms. The lowest BCUT2D eigenvalue weighted by Gasteiger charge is -2.21. The van der Waals surface area contributed by atoms with Crippen molar-refractivity contribution in [2.45, 2.75) is 19.8 Å². The Morgan fingerprint density at radius 2 is 2.14 bits per heavy atom. The van der Waals surface area contributed by atoms with E-state index >= 15 is 0 Å². The molecule has 0 aliphatic rings. The first-order valence-electron chi connectivity index (χ1n) is 6.28. The number of carbonyl (C=O) groups is 2. The maximum Gasteiger partial charge on any atom is 0.354 e. The van der Waals surface area contributed by atoms with Crippen molar-refractivity contribution in [2.24, 2.45) is 5.73 Å². The van der Waals surface area contributed by atoms with Gasteiger partial charge in [0.15, 0.2) is 5.69 Å². The first kappa shape index (κ1) is 16.3. The van der Waals surface area contributed by atoms with E-state index in [-0.39, 0.29) is 23.7 Å². The number of nitrogens with zero attached hydrogens (tertiary/aromatic N) is 3. The highest BCUT2D eigenvalue weighted by atomic mass is 16.6. The predicted octanol–water partition coefficient (Wildman–Crippen LogP) is 0.780. The van der Waals surface area contributed by atoms with Crippen molar-refractivity contribution >= 4 is 23.4 Å². The van der Waals surface area contributed by atoms with Gasteiger partial charge in [0.1, 0.15) is 0 Å². The Kier molecular flexibility index (Phi) is 5.58. The Balaban J connectivity index is 3.29. The summed E-state index contributed by atoms with van der Waals surface area (Å²) in [7, 11) is 0. The second-order valence-corrected chi connectivity index (χ2v) is 4.34. The van der Waals surface area contributed by atoms with Crippen LogP contribution in [0.2, 0.25) is 0 Å². The Morgan fingerprint density at radius 1 is 1.48 bits per heavy atom. The van der Waals surface area contributed by atoms with E-state index < -0.39 is 16.8 Å². The molecule has 0 saturated carbocycles. The number of aromatic nitrogens is 1. The Labute approximate surface area is 120 Å². The monoisotopic (exact) mass is 296 g/mol. The van der Waals surface area contributed by atoms with Gasteiger partial charge in [-0.15, -0.1) is 0 Å². The number of hydrogen-bond donors (Lipinski definition) is 2. The molecule has 114 valence electrons. The standard InChI is InChI=1S/C12H16N4O5/c1-2-3-6-15(7-10(13)17)11-9(16(20)21)5-4-8(14-11)12(18)19/h4-5H,2-3,6-7H2,1H3,(H2,13,17)(H,18,19). The first-order valence-corrected chi connectivity index (χ1v) is 6.28. The molecule has 9 heteroatoms. The van der Waals surface area contributed by atoms with Crippen LogP contribution in [0.25, 0.3) is 0 Å². The van der Waals surface area contributed by atoms with Crippen LogP contribution in [0.5, 0.6) is 0 Å². The normalized spacial score (nSPS) is 10.1. The zero-order valence-electron chi connectivity index (χ0n) is 11.5. The van der Waals surface area contributed by atoms with Crippen molar-refractivity contribution in [3.8, 4) is 0 Å². The fraction of sp³-hybridized carbons (Fsp3) is 0.417. The molecule has 1 amide bonds. The van der Waals surface area contributed by atoms with Gasteiger partial charge in [-0.25, -0.2) is 9.78 Å². The number of primary amides is 1. The molecule has 0 aliphatic carbocycles. The van der Waals surface area contributed by atoms with Crippen molar-refractivity contribution in [1.82, 2.24) is 4.98 Å². The number of carboxylic acids is 1. The van der Waals surface area contributed by atoms with Gasteiger partial charge in [0.25, 0.3) is 0 Å². The van der Waals surface area contributed by atoms with Crippen molar-refractivity contribution in [3.63, 3.8) is 0 Å². The Hall–Kier alpha value is -2.71. The summed E-state index contributed by atoms with van der Waals surface area (Å²) in [6, 6.07) is 2.11. The molecule has 1 aromatic heterocycles. The van der Waals surface area contributed by atoms with E-state index in [0.29, 0.717) is 13.0 Å². The van der Waals surface area contributed by atoms with Crippen LogP contribution in [0.3, 0.4) is 0 Å². The summed E-state index contributed by atoms with van der Waals surface area (Å²) in [4.78, 5) is 37.5. The third-order valence-electron chi connectivity index (χ3n) is 2.70. The molecule has 1 rings (SSSR count). The number of anilines is 1. The number of pyridine rings is 1. The van der Waals surface area contributed by atoms with Crippen molar-refractivity contribution in [3.05, 3.63) is 27.9 Å². The van der Waals surface area contributed by atoms with Crippen LogP contribution < -0.4 is 10.6 Å². The molecule has 0 spiro atoms. The summed E-state index contributed by atoms with van der Waals surface area (Å²) >= 11 is 0. The van der Waals surface area contributed by atoms with Crippen LogP contribution in [-0.4, -0.2) is 40.0 Å². The maximum absolute atomic E-state index is 11.1. The number of aromatic carboxylic acids is 1. The quantitative estimate of drug-likeness (QED) is 0.533. The number of carbonyl (C=O) groups excluding carboxylic acids is 1. The smallest absolute Gasteiger partial charge is 0.354 e. The molecule has 0 atom stereocenters. The summed E-state index contributed by atoms with van der Waals surface area (Å²) in [5, 5.41) is 20.0. The number of unbranched alkanes of at least 4 members (excludes halogenated alkanes) is 1. The molecule has 1 aromatic rings. The van der Waals surface area contributed by atoms with Gasteiger partial charge in [-0.3, -0.25) is 14.9 Å². The Morgan fingerprint density at radius 3 is 2.62 bits per heavy atom. The van der Waals surface area contributed by atoms with Gasteiger partial charge < -0.3 is 15.7 Å². The summed E-state index contributed by atoms with van der Waals surface area (Å²) in [6.45, 7) is 1.96. The van der Waals surface area contributed by atoms with Gasteiger partial charge >= 0.3 is 11.7 Å². The van der Waals surface area contributed by atoms with E-state index in [4.69, 9.17) is 10.8 Å². The van der Waals surface area contributed by atoms with Gasteiger partial charge in [-0.05, 0) is 12.5 Å². The van der Waals surface area contributed by atoms with Crippen molar-refractivity contribution < 1.29 is 19.6 Å². The lowest BCUT2D eigenvalue weighted by Crippen LogP contribution is -2.35. The summed E-state index contributed by atoms with van der Waals surface area (Å²) in [5.41, 5.74) is 4.44. The second-order valence-electron chi connectivity index (χ2n) is 4.34. The molecule has 1 heterocycles. The van der Waals surface area contributed by atoms with Gasteiger partial charge in [-0.1, -0.05) is 13.3 Å². The predicted molar refractivity (Wildman–Crippen MR) is 74.2 cm³/mol. The molecule has 3 N–H and O–H groups in total. The molecule has 21 heavy (non-hydrogen) atoms. The van der Waals surface area contributed by atoms with Crippen LogP contribution >= 0.6 is 0 Å². The molecule has 0 aromatic carbocycles. The zero-order valence-corrected chi connectivity index (χ0v) is 11.5.